The first-order chi connectivity index (χ1) is 10.3. The summed E-state index contributed by atoms with van der Waals surface area (Å²) in [4.78, 5) is 4.81. The largest absolute Gasteiger partial charge is 0.303 e. The number of hydrogen-bond acceptors (Lipinski definition) is 3. The molecule has 2 heterocycles. The Labute approximate surface area is 135 Å². The topological polar surface area (TPSA) is 12.0 Å². The monoisotopic (exact) mass is 317 g/mol. The number of fused-ring (bicyclic) bond motifs is 2. The zero-order chi connectivity index (χ0) is 14.2. The van der Waals surface area contributed by atoms with E-state index in [1.165, 1.54) is 44.9 Å². The second-order valence-electron chi connectivity index (χ2n) is 6.44. The van der Waals surface area contributed by atoms with Crippen LogP contribution in [0.25, 0.3) is 0 Å². The summed E-state index contributed by atoms with van der Waals surface area (Å²) in [6.07, 6.45) is 9.29. The van der Waals surface area contributed by atoms with Gasteiger partial charge in [-0.2, -0.15) is 0 Å². The number of nitrogens with one attached hydrogen (secondary N) is 1. The lowest BCUT2D eigenvalue weighted by molar-refractivity contribution is 0.421. The van der Waals surface area contributed by atoms with Gasteiger partial charge in [0.25, 0.3) is 0 Å². The molecule has 0 aliphatic heterocycles. The summed E-state index contributed by atoms with van der Waals surface area (Å²) < 4.78 is 0. The quantitative estimate of drug-likeness (QED) is 0.797. The summed E-state index contributed by atoms with van der Waals surface area (Å²) in [5, 5.41) is 6.17. The SMILES string of the molecule is CC(NC1CCCc2sccc21)c1cc2c(s1)CCCC2. The van der Waals surface area contributed by atoms with Gasteiger partial charge >= 0.3 is 0 Å². The fourth-order valence-corrected chi connectivity index (χ4v) is 6.03. The molecule has 21 heavy (non-hydrogen) atoms. The van der Waals surface area contributed by atoms with Crippen molar-refractivity contribution >= 4 is 22.7 Å². The van der Waals surface area contributed by atoms with Gasteiger partial charge in [0.15, 0.2) is 0 Å². The van der Waals surface area contributed by atoms with E-state index >= 15 is 0 Å². The first kappa shape index (κ1) is 14.0. The molecule has 2 aromatic heterocycles. The molecule has 4 rings (SSSR count). The van der Waals surface area contributed by atoms with E-state index in [4.69, 9.17) is 0 Å². The molecule has 2 aliphatic rings. The number of rotatable bonds is 3. The van der Waals surface area contributed by atoms with E-state index < -0.39 is 0 Å². The summed E-state index contributed by atoms with van der Waals surface area (Å²) in [5.74, 6) is 0. The molecule has 0 bridgehead atoms. The highest BCUT2D eigenvalue weighted by Crippen LogP contribution is 2.37. The molecule has 2 atom stereocenters. The predicted molar refractivity (Wildman–Crippen MR) is 92.5 cm³/mol. The Bertz CT molecular complexity index is 601. The van der Waals surface area contributed by atoms with E-state index in [0.29, 0.717) is 12.1 Å². The Morgan fingerprint density at radius 3 is 2.90 bits per heavy atom. The van der Waals surface area contributed by atoms with Crippen molar-refractivity contribution in [2.24, 2.45) is 0 Å². The summed E-state index contributed by atoms with van der Waals surface area (Å²) in [6.45, 7) is 2.35. The van der Waals surface area contributed by atoms with Crippen molar-refractivity contribution in [3.05, 3.63) is 43.3 Å². The highest BCUT2D eigenvalue weighted by atomic mass is 32.1. The smallest absolute Gasteiger partial charge is 0.0391 e. The molecule has 1 N–H and O–H groups in total. The minimum atomic E-state index is 0.483. The van der Waals surface area contributed by atoms with Gasteiger partial charge in [-0.3, -0.25) is 0 Å². The summed E-state index contributed by atoms with van der Waals surface area (Å²) in [6, 6.07) is 5.86. The minimum Gasteiger partial charge on any atom is -0.303 e. The van der Waals surface area contributed by atoms with E-state index in [-0.39, 0.29) is 0 Å². The van der Waals surface area contributed by atoms with Gasteiger partial charge in [0.2, 0.25) is 0 Å². The van der Waals surface area contributed by atoms with Crippen molar-refractivity contribution in [2.75, 3.05) is 0 Å². The molecule has 0 fully saturated rings. The van der Waals surface area contributed by atoms with Crippen LogP contribution in [0.5, 0.6) is 0 Å². The minimum absolute atomic E-state index is 0.483. The van der Waals surface area contributed by atoms with Crippen molar-refractivity contribution in [1.82, 2.24) is 5.32 Å². The Hall–Kier alpha value is -0.640. The predicted octanol–water partition coefficient (Wildman–Crippen LogP) is 5.42. The third kappa shape index (κ3) is 2.71. The molecule has 0 saturated heterocycles. The lowest BCUT2D eigenvalue weighted by Crippen LogP contribution is -2.26. The molecule has 1 nitrogen and oxygen atoms in total. The van der Waals surface area contributed by atoms with Crippen LogP contribution in [-0.4, -0.2) is 0 Å². The zero-order valence-corrected chi connectivity index (χ0v) is 14.3. The van der Waals surface area contributed by atoms with Gasteiger partial charge in [-0.05, 0) is 80.5 Å². The van der Waals surface area contributed by atoms with Crippen molar-refractivity contribution < 1.29 is 0 Å². The average molecular weight is 318 g/mol. The van der Waals surface area contributed by atoms with Crippen LogP contribution in [0.15, 0.2) is 17.5 Å². The second-order valence-corrected chi connectivity index (χ2v) is 8.61. The van der Waals surface area contributed by atoms with Crippen molar-refractivity contribution in [1.29, 1.82) is 0 Å². The standard InChI is InChI=1S/C18H23NS2/c1-12(18-11-13-5-2-3-7-16(13)21-18)19-15-6-4-8-17-14(15)9-10-20-17/h9-12,15,19H,2-8H2,1H3. The molecule has 2 aromatic rings. The molecule has 0 aromatic carbocycles. The Kier molecular flexibility index (Phi) is 3.91. The van der Waals surface area contributed by atoms with Crippen molar-refractivity contribution in [2.45, 2.75) is 64.0 Å². The van der Waals surface area contributed by atoms with E-state index in [1.54, 1.807) is 25.8 Å². The number of hydrogen-bond donors (Lipinski definition) is 1. The maximum atomic E-state index is 3.90. The molecule has 0 spiro atoms. The van der Waals surface area contributed by atoms with Crippen LogP contribution in [0.1, 0.15) is 70.4 Å². The summed E-state index contributed by atoms with van der Waals surface area (Å²) in [5.41, 5.74) is 3.20. The van der Waals surface area contributed by atoms with E-state index in [0.717, 1.165) is 0 Å². The average Bonchev–Trinajstić information content (AvgIpc) is 3.14. The fraction of sp³-hybridized carbons (Fsp3) is 0.556. The highest BCUT2D eigenvalue weighted by molar-refractivity contribution is 7.12. The molecular weight excluding hydrogens is 294 g/mol. The second kappa shape index (κ2) is 5.86. The van der Waals surface area contributed by atoms with Crippen molar-refractivity contribution in [3.63, 3.8) is 0 Å². The third-order valence-electron chi connectivity index (χ3n) is 4.95. The van der Waals surface area contributed by atoms with Gasteiger partial charge < -0.3 is 5.32 Å². The van der Waals surface area contributed by atoms with E-state index in [9.17, 15) is 0 Å². The van der Waals surface area contributed by atoms with Gasteiger partial charge in [-0.15, -0.1) is 22.7 Å². The highest BCUT2D eigenvalue weighted by Gasteiger charge is 2.24. The normalized spacial score (nSPS) is 22.6. The number of thiophene rings is 2. The van der Waals surface area contributed by atoms with Crippen LogP contribution in [-0.2, 0) is 19.3 Å². The van der Waals surface area contributed by atoms with Crippen LogP contribution >= 0.6 is 22.7 Å². The summed E-state index contributed by atoms with van der Waals surface area (Å²) >= 11 is 3.99. The first-order valence-electron chi connectivity index (χ1n) is 8.25. The Balaban J connectivity index is 1.51. The van der Waals surface area contributed by atoms with Gasteiger partial charge in [-0.1, -0.05) is 0 Å². The van der Waals surface area contributed by atoms with Crippen molar-refractivity contribution in [3.8, 4) is 0 Å². The van der Waals surface area contributed by atoms with Crippen LogP contribution < -0.4 is 5.32 Å². The van der Waals surface area contributed by atoms with Crippen LogP contribution in [0.2, 0.25) is 0 Å². The maximum absolute atomic E-state index is 3.90. The molecule has 112 valence electrons. The van der Waals surface area contributed by atoms with E-state index in [1.807, 2.05) is 11.3 Å². The van der Waals surface area contributed by atoms with E-state index in [2.05, 4.69) is 41.1 Å². The van der Waals surface area contributed by atoms with Crippen LogP contribution in [0.3, 0.4) is 0 Å². The van der Waals surface area contributed by atoms with Gasteiger partial charge in [0.1, 0.15) is 0 Å². The zero-order valence-electron chi connectivity index (χ0n) is 12.7. The molecule has 0 radical (unpaired) electrons. The Morgan fingerprint density at radius 1 is 1.14 bits per heavy atom. The van der Waals surface area contributed by atoms with Gasteiger partial charge in [0.05, 0.1) is 0 Å². The summed E-state index contributed by atoms with van der Waals surface area (Å²) in [7, 11) is 0. The van der Waals surface area contributed by atoms with Gasteiger partial charge in [-0.25, -0.2) is 0 Å². The third-order valence-corrected chi connectivity index (χ3v) is 7.36. The van der Waals surface area contributed by atoms with Crippen LogP contribution in [0.4, 0.5) is 0 Å². The molecule has 2 aliphatic carbocycles. The van der Waals surface area contributed by atoms with Gasteiger partial charge in [0, 0.05) is 26.7 Å². The Morgan fingerprint density at radius 2 is 2.00 bits per heavy atom. The first-order valence-corrected chi connectivity index (χ1v) is 9.94. The lowest BCUT2D eigenvalue weighted by Gasteiger charge is -2.27. The molecule has 0 saturated carbocycles. The molecule has 0 amide bonds. The lowest BCUT2D eigenvalue weighted by atomic mass is 9.93. The molecule has 3 heteroatoms. The number of aryl methyl sites for hydroxylation is 3. The van der Waals surface area contributed by atoms with Crippen LogP contribution in [0, 0.1) is 0 Å². The maximum Gasteiger partial charge on any atom is 0.0391 e. The molecule has 2 unspecified atom stereocenters. The fourth-order valence-electron chi connectivity index (χ4n) is 3.77. The molecular formula is C18H23NS2.